The van der Waals surface area contributed by atoms with Crippen molar-refractivity contribution in [3.8, 4) is 5.75 Å². The molecule has 0 unspecified atom stereocenters. The first-order valence-electron chi connectivity index (χ1n) is 8.51. The average molecular weight is 756 g/mol. The lowest BCUT2D eigenvalue weighted by Gasteiger charge is -2.33. The molecule has 0 saturated heterocycles. The molecule has 0 spiro atoms. The van der Waals surface area contributed by atoms with E-state index in [4.69, 9.17) is 167 Å². The van der Waals surface area contributed by atoms with Gasteiger partial charge in [-0.1, -0.05) is 98.7 Å². The van der Waals surface area contributed by atoms with E-state index in [1.54, 1.807) is 0 Å². The molecule has 0 bridgehead atoms. The monoisotopic (exact) mass is 749 g/mol. The van der Waals surface area contributed by atoms with Crippen LogP contribution in [0.25, 0.3) is 0 Å². The van der Waals surface area contributed by atoms with Crippen LogP contribution in [-0.2, 0) is 0 Å². The first kappa shape index (κ1) is 30.9. The normalized spacial score (nSPS) is 11.3. The van der Waals surface area contributed by atoms with Crippen LogP contribution in [0.2, 0.25) is 70.3 Å². The summed E-state index contributed by atoms with van der Waals surface area (Å²) in [6, 6.07) is 0. The number of hydrogen-bond donors (Lipinski definition) is 0. The van der Waals surface area contributed by atoms with Gasteiger partial charge in [0.2, 0.25) is 0 Å². The van der Waals surface area contributed by atoms with Crippen molar-refractivity contribution >= 4 is 162 Å². The van der Waals surface area contributed by atoms with Gasteiger partial charge in [0.1, 0.15) is 5.75 Å². The van der Waals surface area contributed by atoms with Crippen LogP contribution in [0.5, 0.6) is 5.75 Å². The van der Waals surface area contributed by atoms with E-state index in [-0.39, 0.29) is 98.7 Å². The van der Waals surface area contributed by atoms with Crippen molar-refractivity contribution < 1.29 is 4.74 Å². The Morgan fingerprint density at radius 1 is 0.343 bits per heavy atom. The van der Waals surface area contributed by atoms with Crippen LogP contribution < -0.4 is 4.74 Å². The minimum atomic E-state index is -0.161. The Balaban J connectivity index is 2.68. The first-order chi connectivity index (χ1) is 16.2. The molecular formula is C20H3Cl14O-. The Labute approximate surface area is 270 Å². The highest BCUT2D eigenvalue weighted by molar-refractivity contribution is 6.57. The number of rotatable bonds is 4. The molecular weight excluding hydrogens is 753 g/mol. The topological polar surface area (TPSA) is 9.23 Å². The standard InChI is InChI=1S/C20H3Cl14O/c1-35-20-18(33)10(25)5(11(26)19(20)34)2(3-6(21)12(27)16(31)13(28)7(3)22)4-8(23)14(29)17(32)15(30)9(4)24/h1H3/q-1. The molecule has 3 aromatic rings. The van der Waals surface area contributed by atoms with Crippen LogP contribution in [-0.4, -0.2) is 7.11 Å². The van der Waals surface area contributed by atoms with Crippen LogP contribution in [0.4, 0.5) is 0 Å². The third-order valence-corrected chi connectivity index (χ3v) is 10.8. The van der Waals surface area contributed by atoms with Gasteiger partial charge in [0.15, 0.2) is 0 Å². The summed E-state index contributed by atoms with van der Waals surface area (Å²) in [6.07, 6.45) is 0. The van der Waals surface area contributed by atoms with E-state index < -0.39 is 0 Å². The lowest BCUT2D eigenvalue weighted by molar-refractivity contribution is 0.415. The van der Waals surface area contributed by atoms with Gasteiger partial charge in [0.05, 0.1) is 47.3 Å². The molecule has 188 valence electrons. The fourth-order valence-electron chi connectivity index (χ4n) is 3.03. The van der Waals surface area contributed by atoms with Crippen molar-refractivity contribution in [3.63, 3.8) is 0 Å². The van der Waals surface area contributed by atoms with Gasteiger partial charge in [-0.2, -0.15) is 0 Å². The lowest BCUT2D eigenvalue weighted by atomic mass is 9.84. The molecule has 3 rings (SSSR count). The molecule has 0 radical (unpaired) electrons. The molecule has 0 saturated carbocycles. The van der Waals surface area contributed by atoms with Gasteiger partial charge in [-0.3, -0.25) is 0 Å². The van der Waals surface area contributed by atoms with E-state index in [1.807, 2.05) is 0 Å². The Morgan fingerprint density at radius 2 is 0.543 bits per heavy atom. The molecule has 1 nitrogen and oxygen atoms in total. The van der Waals surface area contributed by atoms with Crippen molar-refractivity contribution in [2.75, 3.05) is 7.11 Å². The summed E-state index contributed by atoms with van der Waals surface area (Å²) in [4.78, 5) is 0. The molecule has 0 fully saturated rings. The predicted octanol–water partition coefficient (Wildman–Crippen LogP) is 13.9. The molecule has 0 amide bonds. The molecule has 0 heterocycles. The minimum Gasteiger partial charge on any atom is -0.495 e. The van der Waals surface area contributed by atoms with Gasteiger partial charge in [0, 0.05) is 30.1 Å². The van der Waals surface area contributed by atoms with Crippen molar-refractivity contribution in [2.45, 2.75) is 0 Å². The SMILES string of the molecule is COc1c(Cl)c(Cl)c([C-](c2c(Cl)c(Cl)c(Cl)c(Cl)c2Cl)c2c(Cl)c(Cl)c(Cl)c(Cl)c2Cl)c(Cl)c1Cl. The Morgan fingerprint density at radius 3 is 0.771 bits per heavy atom. The summed E-state index contributed by atoms with van der Waals surface area (Å²) in [7, 11) is 1.32. The number of methoxy groups -OCH3 is 1. The summed E-state index contributed by atoms with van der Waals surface area (Å²) in [5, 5.41) is -1.95. The van der Waals surface area contributed by atoms with Gasteiger partial charge in [-0.25, -0.2) is 0 Å². The highest BCUT2D eigenvalue weighted by atomic mass is 35.5. The molecule has 15 heteroatoms. The van der Waals surface area contributed by atoms with Gasteiger partial charge in [-0.15, -0.1) is 69.6 Å². The molecule has 3 aromatic carbocycles. The molecule has 0 aliphatic carbocycles. The molecule has 0 aliphatic heterocycles. The summed E-state index contributed by atoms with van der Waals surface area (Å²) >= 11 is 90.3. The summed E-state index contributed by atoms with van der Waals surface area (Å²) in [6.45, 7) is 0. The van der Waals surface area contributed by atoms with E-state index in [0.29, 0.717) is 0 Å². The van der Waals surface area contributed by atoms with Crippen LogP contribution in [0, 0.1) is 5.92 Å². The van der Waals surface area contributed by atoms with Crippen molar-refractivity contribution in [1.29, 1.82) is 0 Å². The predicted molar refractivity (Wildman–Crippen MR) is 157 cm³/mol. The average Bonchev–Trinajstić information content (AvgIpc) is 2.83. The Kier molecular flexibility index (Phi) is 10.5. The molecule has 35 heavy (non-hydrogen) atoms. The highest BCUT2D eigenvalue weighted by Gasteiger charge is 2.32. The largest absolute Gasteiger partial charge is 0.495 e. The van der Waals surface area contributed by atoms with Crippen molar-refractivity contribution in [1.82, 2.24) is 0 Å². The molecule has 0 atom stereocenters. The number of hydrogen-bond acceptors (Lipinski definition) is 1. The fourth-order valence-corrected chi connectivity index (χ4v) is 6.87. The van der Waals surface area contributed by atoms with E-state index in [2.05, 4.69) is 0 Å². The summed E-state index contributed by atoms with van der Waals surface area (Å²) in [5.41, 5.74) is -0.0974. The second kappa shape index (κ2) is 11.9. The number of halogens is 14. The summed E-state index contributed by atoms with van der Waals surface area (Å²) < 4.78 is 5.22. The number of ether oxygens (including phenoxy) is 1. The minimum absolute atomic E-state index is 0.000151. The maximum Gasteiger partial charge on any atom is 0.148 e. The van der Waals surface area contributed by atoms with E-state index in [0.717, 1.165) is 0 Å². The van der Waals surface area contributed by atoms with Crippen LogP contribution in [0.3, 0.4) is 0 Å². The third-order valence-electron chi connectivity index (χ3n) is 4.60. The maximum atomic E-state index is 6.65. The van der Waals surface area contributed by atoms with Crippen LogP contribution in [0.1, 0.15) is 16.7 Å². The third kappa shape index (κ3) is 5.17. The van der Waals surface area contributed by atoms with Gasteiger partial charge < -0.3 is 4.74 Å². The second-order valence-electron chi connectivity index (χ2n) is 6.43. The Hall–Kier alpha value is 1.39. The van der Waals surface area contributed by atoms with Gasteiger partial charge >= 0.3 is 0 Å². The van der Waals surface area contributed by atoms with E-state index in [9.17, 15) is 0 Å². The lowest BCUT2D eigenvalue weighted by Crippen LogP contribution is -2.12. The molecule has 0 aliphatic rings. The Bertz CT molecular complexity index is 1230. The highest BCUT2D eigenvalue weighted by Crippen LogP contribution is 2.58. The fraction of sp³-hybridized carbons (Fsp3) is 0.0500. The number of benzene rings is 3. The van der Waals surface area contributed by atoms with Crippen molar-refractivity contribution in [3.05, 3.63) is 92.9 Å². The van der Waals surface area contributed by atoms with Crippen LogP contribution in [0.15, 0.2) is 0 Å². The van der Waals surface area contributed by atoms with Crippen molar-refractivity contribution in [2.24, 2.45) is 0 Å². The second-order valence-corrected chi connectivity index (χ2v) is 11.7. The first-order valence-corrected chi connectivity index (χ1v) is 13.8. The smallest absolute Gasteiger partial charge is 0.148 e. The van der Waals surface area contributed by atoms with E-state index >= 15 is 0 Å². The summed E-state index contributed by atoms with van der Waals surface area (Å²) in [5.74, 6) is -0.0300. The molecule has 0 N–H and O–H groups in total. The zero-order valence-electron chi connectivity index (χ0n) is 16.2. The quantitative estimate of drug-likeness (QED) is 0.112. The van der Waals surface area contributed by atoms with Crippen LogP contribution >= 0.6 is 162 Å². The zero-order chi connectivity index (χ0) is 26.7. The zero-order valence-corrected chi connectivity index (χ0v) is 26.8. The van der Waals surface area contributed by atoms with Gasteiger partial charge in [-0.05, 0) is 16.7 Å². The molecule has 0 aromatic heterocycles. The maximum absolute atomic E-state index is 6.65. The van der Waals surface area contributed by atoms with Gasteiger partial charge in [0.25, 0.3) is 0 Å². The van der Waals surface area contributed by atoms with E-state index in [1.165, 1.54) is 7.11 Å².